The molecule has 3 heterocycles. The minimum Gasteiger partial charge on any atom is -0.497 e. The Morgan fingerprint density at radius 2 is 1.57 bits per heavy atom. The van der Waals surface area contributed by atoms with E-state index in [2.05, 4.69) is 24.0 Å². The Bertz CT molecular complexity index is 1890. The normalized spacial score (nSPS) is 14.4. The third-order valence-electron chi connectivity index (χ3n) is 8.58. The number of methoxy groups -OCH3 is 1. The van der Waals surface area contributed by atoms with Crippen LogP contribution in [-0.2, 0) is 4.74 Å². The van der Waals surface area contributed by atoms with Crippen LogP contribution in [0.2, 0.25) is 0 Å². The zero-order chi connectivity index (χ0) is 33.3. The van der Waals surface area contributed by atoms with Crippen molar-refractivity contribution in [3.8, 4) is 17.0 Å². The fourth-order valence-corrected chi connectivity index (χ4v) is 5.93. The van der Waals surface area contributed by atoms with E-state index in [0.29, 0.717) is 52.3 Å². The highest BCUT2D eigenvalue weighted by Crippen LogP contribution is 2.31. The molecular weight excluding hydrogens is 601 g/mol. The van der Waals surface area contributed by atoms with E-state index in [1.165, 1.54) is 19.3 Å². The van der Waals surface area contributed by atoms with Crippen LogP contribution in [0.4, 0.5) is 8.63 Å². The van der Waals surface area contributed by atoms with E-state index >= 15 is 0 Å². The van der Waals surface area contributed by atoms with Gasteiger partial charge in [0.2, 0.25) is 0 Å². The number of aromatic amines is 2. The molecule has 1 aliphatic heterocycles. The number of halogens is 2. The number of rotatable bonds is 16. The summed E-state index contributed by atoms with van der Waals surface area (Å²) in [7, 11) is -1.25. The van der Waals surface area contributed by atoms with Crippen LogP contribution in [0, 0.1) is 5.92 Å². The topological polar surface area (TPSA) is 101 Å². The molecule has 8 nitrogen and oxygen atoms in total. The molecule has 0 spiro atoms. The molecule has 0 bridgehead atoms. The molecule has 0 aliphatic carbocycles. The van der Waals surface area contributed by atoms with Crippen LogP contribution in [0.5, 0.6) is 5.75 Å². The van der Waals surface area contributed by atoms with Crippen molar-refractivity contribution in [2.75, 3.05) is 13.7 Å². The van der Waals surface area contributed by atoms with Crippen molar-refractivity contribution in [3.05, 3.63) is 104 Å². The molecule has 5 rings (SSSR count). The van der Waals surface area contributed by atoms with Crippen molar-refractivity contribution in [3.63, 3.8) is 0 Å². The van der Waals surface area contributed by atoms with Gasteiger partial charge in [-0.3, -0.25) is 28.4 Å². The second-order valence-corrected chi connectivity index (χ2v) is 11.9. The lowest BCUT2D eigenvalue weighted by Gasteiger charge is -2.18. The zero-order valence-electron chi connectivity index (χ0n) is 27.2. The maximum Gasteiger partial charge on any atom is 0.678 e. The molecule has 0 saturated carbocycles. The van der Waals surface area contributed by atoms with Gasteiger partial charge in [0.15, 0.2) is 0 Å². The van der Waals surface area contributed by atoms with Gasteiger partial charge >= 0.3 is 7.40 Å². The van der Waals surface area contributed by atoms with Crippen LogP contribution in [-0.4, -0.2) is 41.5 Å². The number of H-pyrrole nitrogens is 2. The second-order valence-electron chi connectivity index (χ2n) is 11.9. The molecule has 0 fully saturated rings. The maximum absolute atomic E-state index is 14.6. The van der Waals surface area contributed by atoms with Crippen LogP contribution in [0.15, 0.2) is 86.7 Å². The Morgan fingerprint density at radius 1 is 0.872 bits per heavy atom. The van der Waals surface area contributed by atoms with Crippen molar-refractivity contribution in [2.45, 2.75) is 65.2 Å². The summed E-state index contributed by atoms with van der Waals surface area (Å²) in [5.74, 6) is 1.47. The Morgan fingerprint density at radius 3 is 2.28 bits per heavy atom. The third kappa shape index (κ3) is 8.01. The minimum absolute atomic E-state index is 0.227. The fourth-order valence-electron chi connectivity index (χ4n) is 5.93. The van der Waals surface area contributed by atoms with Gasteiger partial charge in [0.1, 0.15) is 17.2 Å². The summed E-state index contributed by atoms with van der Waals surface area (Å²) in [6, 6.07) is 15.2. The smallest absolute Gasteiger partial charge is 0.497 e. The number of aromatic nitrogens is 3. The Labute approximate surface area is 273 Å². The average molecular weight is 643 g/mol. The molecule has 1 atom stereocenters. The molecule has 2 N–H and O–H groups in total. The first kappa shape index (κ1) is 33.7. The Hall–Kier alpha value is -4.67. The van der Waals surface area contributed by atoms with E-state index in [1.54, 1.807) is 73.9 Å². The lowest BCUT2D eigenvalue weighted by Crippen LogP contribution is -2.19. The molecule has 4 aromatic rings. The zero-order valence-corrected chi connectivity index (χ0v) is 27.2. The first-order valence-corrected chi connectivity index (χ1v) is 16.4. The summed E-state index contributed by atoms with van der Waals surface area (Å²) in [6.07, 6.45) is 12.4. The van der Waals surface area contributed by atoms with Gasteiger partial charge in [0, 0.05) is 23.0 Å². The predicted octanol–water partition coefficient (Wildman–Crippen LogP) is 7.99. The largest absolute Gasteiger partial charge is 0.678 e. The molecule has 0 amide bonds. The molecule has 1 aliphatic rings. The van der Waals surface area contributed by atoms with E-state index in [0.717, 1.165) is 36.6 Å². The van der Waals surface area contributed by atoms with Gasteiger partial charge in [0.25, 0.3) is 11.1 Å². The number of hydrogen-bond donors (Lipinski definition) is 2. The van der Waals surface area contributed by atoms with Gasteiger partial charge < -0.3 is 14.0 Å². The number of nitrogens with one attached hydrogen (secondary N) is 2. The molecule has 47 heavy (non-hydrogen) atoms. The lowest BCUT2D eigenvalue weighted by atomic mass is 9.96. The molecule has 1 unspecified atom stereocenters. The van der Waals surface area contributed by atoms with Gasteiger partial charge in [0.05, 0.1) is 30.2 Å². The number of hydrogen-bond acceptors (Lipinski definition) is 5. The van der Waals surface area contributed by atoms with E-state index < -0.39 is 18.5 Å². The number of aliphatic imine (C=N–C) groups is 1. The number of nitrogens with zero attached hydrogens (tertiary/aromatic N) is 2. The molecular formula is C36H41BF2N4O4. The molecule has 11 heteroatoms. The van der Waals surface area contributed by atoms with Crippen molar-refractivity contribution >= 4 is 30.0 Å². The van der Waals surface area contributed by atoms with Gasteiger partial charge in [-0.1, -0.05) is 58.4 Å². The predicted molar refractivity (Wildman–Crippen MR) is 185 cm³/mol. The molecule has 2 aromatic carbocycles. The first-order chi connectivity index (χ1) is 22.8. The number of fused-ring (bicyclic) bond motifs is 1. The second kappa shape index (κ2) is 15.8. The summed E-state index contributed by atoms with van der Waals surface area (Å²) in [5.41, 5.74) is 1.92. The highest BCUT2D eigenvalue weighted by atomic mass is 19.2. The van der Waals surface area contributed by atoms with Crippen molar-refractivity contribution in [1.29, 1.82) is 0 Å². The average Bonchev–Trinajstić information content (AvgIpc) is 3.70. The number of benzene rings is 2. The molecule has 0 radical (unpaired) electrons. The van der Waals surface area contributed by atoms with E-state index in [-0.39, 0.29) is 16.5 Å². The third-order valence-corrected chi connectivity index (χ3v) is 8.58. The first-order valence-electron chi connectivity index (χ1n) is 16.4. The Balaban J connectivity index is 1.52. The van der Waals surface area contributed by atoms with Crippen LogP contribution >= 0.6 is 0 Å². The van der Waals surface area contributed by atoms with Crippen molar-refractivity contribution < 1.29 is 18.1 Å². The van der Waals surface area contributed by atoms with Crippen LogP contribution in [0.1, 0.15) is 76.5 Å². The van der Waals surface area contributed by atoms with Gasteiger partial charge in [-0.05, 0) is 78.9 Å². The molecule has 246 valence electrons. The van der Waals surface area contributed by atoms with Crippen LogP contribution in [0.25, 0.3) is 28.1 Å². The van der Waals surface area contributed by atoms with E-state index in [9.17, 15) is 18.2 Å². The maximum atomic E-state index is 14.6. The van der Waals surface area contributed by atoms with Gasteiger partial charge in [-0.25, -0.2) is 4.99 Å². The summed E-state index contributed by atoms with van der Waals surface area (Å²) in [6.45, 7) is 4.86. The highest BCUT2D eigenvalue weighted by molar-refractivity contribution is 6.42. The van der Waals surface area contributed by atoms with Crippen molar-refractivity contribution in [1.82, 2.24) is 14.7 Å². The summed E-state index contributed by atoms with van der Waals surface area (Å²) in [4.78, 5) is 29.6. The lowest BCUT2D eigenvalue weighted by molar-refractivity contribution is 0.158. The Kier molecular flexibility index (Phi) is 11.3. The fraction of sp³-hybridized carbons (Fsp3) is 0.361. The number of unbranched alkanes of at least 4 members (excludes halogenated alkanes) is 4. The summed E-state index contributed by atoms with van der Waals surface area (Å²) < 4.78 is 41.8. The standard InChI is InChI=1S/C36H41BF2N4O4/c1-4-6-8-9-11-24(10-7-5-2)23-47-34-22-31(26-14-18-29-30(20-26)36(45)42-41-35(29)44)40-32(34)21-27-15-19-33(43(27)37(38)39)25-12-16-28(46-3)17-13-25/h12-22,24H,4-11,23H2,1-3H3,(H,41,44)(H,42,45)/b32-21-. The monoisotopic (exact) mass is 642 g/mol. The number of ether oxygens (including phenoxy) is 2. The van der Waals surface area contributed by atoms with Gasteiger partial charge in [-0.2, -0.15) is 0 Å². The quantitative estimate of drug-likeness (QED) is 0.0956. The van der Waals surface area contributed by atoms with E-state index in [4.69, 9.17) is 14.5 Å². The summed E-state index contributed by atoms with van der Waals surface area (Å²) in [5, 5.41) is 5.18. The minimum atomic E-state index is -2.81. The van der Waals surface area contributed by atoms with Crippen LogP contribution in [0.3, 0.4) is 0 Å². The number of allylic oxidation sites excluding steroid dienone is 1. The highest BCUT2D eigenvalue weighted by Gasteiger charge is 2.26. The summed E-state index contributed by atoms with van der Waals surface area (Å²) >= 11 is 0. The SMILES string of the molecule is CCCCCCC(CCCC)COC1=CC(c2ccc3c(=O)[nH][nH]c(=O)c3c2)=N/C1=C\c1ccc(-c2ccc(OC)cc2)n1B(F)F. The van der Waals surface area contributed by atoms with Gasteiger partial charge in [-0.15, -0.1) is 0 Å². The van der Waals surface area contributed by atoms with Crippen molar-refractivity contribution in [2.24, 2.45) is 10.9 Å². The van der Waals surface area contributed by atoms with Crippen LogP contribution < -0.4 is 15.9 Å². The molecule has 2 aromatic heterocycles. The molecule has 0 saturated heterocycles. The van der Waals surface area contributed by atoms with E-state index in [1.807, 2.05) is 0 Å².